The number of carbonyl (C=O) groups excluding carboxylic acids is 1. The fourth-order valence-corrected chi connectivity index (χ4v) is 3.99. The number of aryl methyl sites for hydroxylation is 2. The van der Waals surface area contributed by atoms with Crippen LogP contribution < -0.4 is 5.32 Å². The lowest BCUT2D eigenvalue weighted by Crippen LogP contribution is -2.24. The average Bonchev–Trinajstić information content (AvgIpc) is 3.30. The monoisotopic (exact) mass is 446 g/mol. The van der Waals surface area contributed by atoms with Gasteiger partial charge in [-0.05, 0) is 51.2 Å². The minimum absolute atomic E-state index is 0.0467. The zero-order valence-electron chi connectivity index (χ0n) is 18.4. The summed E-state index contributed by atoms with van der Waals surface area (Å²) in [6, 6.07) is 18.0. The van der Waals surface area contributed by atoms with Crippen LogP contribution in [0.15, 0.2) is 54.6 Å². The van der Waals surface area contributed by atoms with Crippen molar-refractivity contribution in [2.45, 2.75) is 40.3 Å². The average molecular weight is 447 g/mol. The number of hydrogen-bond donors (Lipinski definition) is 2. The molecule has 4 aromatic rings. The van der Waals surface area contributed by atoms with E-state index >= 15 is 0 Å². The third-order valence-corrected chi connectivity index (χ3v) is 5.81. The lowest BCUT2D eigenvalue weighted by Gasteiger charge is -2.09. The van der Waals surface area contributed by atoms with Crippen LogP contribution in [0.2, 0.25) is 0 Å². The first kappa shape index (κ1) is 21.7. The Bertz CT molecular complexity index is 1300. The normalized spacial score (nSPS) is 11.0. The summed E-state index contributed by atoms with van der Waals surface area (Å²) in [7, 11) is 0. The molecule has 0 fully saturated rings. The Morgan fingerprint density at radius 3 is 2.62 bits per heavy atom. The fraction of sp³-hybridized carbons (Fsp3) is 0.250. The second kappa shape index (κ2) is 9.32. The van der Waals surface area contributed by atoms with E-state index in [1.165, 1.54) is 0 Å². The van der Waals surface area contributed by atoms with Gasteiger partial charge in [-0.3, -0.25) is 14.5 Å². The van der Waals surface area contributed by atoms with Crippen molar-refractivity contribution in [2.24, 2.45) is 0 Å². The summed E-state index contributed by atoms with van der Waals surface area (Å²) < 4.78 is 4.29. The van der Waals surface area contributed by atoms with Crippen LogP contribution in [0.1, 0.15) is 28.9 Å². The van der Waals surface area contributed by atoms with Gasteiger partial charge in [-0.1, -0.05) is 42.0 Å². The van der Waals surface area contributed by atoms with Crippen LogP contribution in [0.3, 0.4) is 0 Å². The van der Waals surface area contributed by atoms with Gasteiger partial charge in [-0.25, -0.2) is 4.68 Å². The zero-order valence-corrected chi connectivity index (χ0v) is 19.2. The number of aromatic amines is 1. The van der Waals surface area contributed by atoms with Crippen molar-refractivity contribution in [3.63, 3.8) is 0 Å². The topological polar surface area (TPSA) is 80.5 Å². The van der Waals surface area contributed by atoms with Crippen molar-refractivity contribution in [3.05, 3.63) is 81.9 Å². The van der Waals surface area contributed by atoms with Crippen LogP contribution in [-0.2, 0) is 17.9 Å². The molecule has 2 N–H and O–H groups in total. The Morgan fingerprint density at radius 1 is 1.09 bits per heavy atom. The number of H-pyrrole nitrogens is 1. The number of benzene rings is 2. The van der Waals surface area contributed by atoms with E-state index in [1.807, 2.05) is 78.6 Å². The minimum atomic E-state index is -0.0467. The molecule has 164 valence electrons. The molecule has 0 spiro atoms. The third-order valence-electron chi connectivity index (χ3n) is 5.50. The van der Waals surface area contributed by atoms with Crippen LogP contribution >= 0.6 is 12.2 Å². The molecule has 0 saturated carbocycles. The van der Waals surface area contributed by atoms with Gasteiger partial charge in [0.05, 0.1) is 11.4 Å². The molecular weight excluding hydrogens is 420 g/mol. The summed E-state index contributed by atoms with van der Waals surface area (Å²) in [5.74, 6) is 0.692. The molecule has 0 bridgehead atoms. The van der Waals surface area contributed by atoms with Gasteiger partial charge >= 0.3 is 0 Å². The molecule has 0 radical (unpaired) electrons. The standard InChI is InChI=1S/C24H26N6OS/c1-16-8-7-9-19(14-16)23-26-27-24(32)29(23)13-12-22(31)25-15-21-17(2)28-30(18(21)3)20-10-5-4-6-11-20/h4-11,14H,12-13,15H2,1-3H3,(H,25,31)(H,27,32). The first-order chi connectivity index (χ1) is 15.4. The van der Waals surface area contributed by atoms with E-state index in [0.29, 0.717) is 24.3 Å². The Hall–Kier alpha value is -3.52. The van der Waals surface area contributed by atoms with Crippen LogP contribution in [0.5, 0.6) is 0 Å². The molecule has 0 aliphatic carbocycles. The highest BCUT2D eigenvalue weighted by molar-refractivity contribution is 7.71. The predicted molar refractivity (Wildman–Crippen MR) is 127 cm³/mol. The lowest BCUT2D eigenvalue weighted by atomic mass is 10.1. The third kappa shape index (κ3) is 4.55. The van der Waals surface area contributed by atoms with E-state index in [2.05, 4.69) is 26.7 Å². The number of nitrogens with one attached hydrogen (secondary N) is 2. The molecule has 8 heteroatoms. The first-order valence-electron chi connectivity index (χ1n) is 10.5. The van der Waals surface area contributed by atoms with E-state index < -0.39 is 0 Å². The van der Waals surface area contributed by atoms with Crippen molar-refractivity contribution >= 4 is 18.1 Å². The van der Waals surface area contributed by atoms with E-state index in [9.17, 15) is 4.79 Å². The number of aromatic nitrogens is 5. The number of rotatable bonds is 7. The highest BCUT2D eigenvalue weighted by Crippen LogP contribution is 2.20. The van der Waals surface area contributed by atoms with E-state index in [1.54, 1.807) is 0 Å². The van der Waals surface area contributed by atoms with Gasteiger partial charge in [0.2, 0.25) is 5.91 Å². The second-order valence-electron chi connectivity index (χ2n) is 7.80. The minimum Gasteiger partial charge on any atom is -0.352 e. The van der Waals surface area contributed by atoms with Crippen LogP contribution in [0, 0.1) is 25.5 Å². The van der Waals surface area contributed by atoms with Gasteiger partial charge in [-0.2, -0.15) is 10.2 Å². The predicted octanol–water partition coefficient (Wildman–Crippen LogP) is 4.43. The molecule has 7 nitrogen and oxygen atoms in total. The zero-order chi connectivity index (χ0) is 22.7. The maximum atomic E-state index is 12.6. The Labute approximate surface area is 192 Å². The molecule has 2 aromatic carbocycles. The van der Waals surface area contributed by atoms with Gasteiger partial charge in [0.25, 0.3) is 0 Å². The molecule has 0 aliphatic rings. The summed E-state index contributed by atoms with van der Waals surface area (Å²) in [5.41, 5.74) is 6.07. The molecule has 0 aliphatic heterocycles. The summed E-state index contributed by atoms with van der Waals surface area (Å²) in [4.78, 5) is 12.6. The number of carbonyl (C=O) groups is 1. The number of hydrogen-bond acceptors (Lipinski definition) is 4. The Morgan fingerprint density at radius 2 is 1.88 bits per heavy atom. The maximum Gasteiger partial charge on any atom is 0.222 e. The Balaban J connectivity index is 1.42. The second-order valence-corrected chi connectivity index (χ2v) is 8.18. The molecular formula is C24H26N6OS. The van der Waals surface area contributed by atoms with Gasteiger partial charge in [-0.15, -0.1) is 0 Å². The number of nitrogens with zero attached hydrogens (tertiary/aromatic N) is 4. The molecule has 2 aromatic heterocycles. The fourth-order valence-electron chi connectivity index (χ4n) is 3.77. The molecule has 32 heavy (non-hydrogen) atoms. The van der Waals surface area contributed by atoms with Gasteiger partial charge in [0.1, 0.15) is 0 Å². The summed E-state index contributed by atoms with van der Waals surface area (Å²) >= 11 is 5.38. The van der Waals surface area contributed by atoms with E-state index in [4.69, 9.17) is 12.2 Å². The molecule has 4 rings (SSSR count). The van der Waals surface area contributed by atoms with Crippen molar-refractivity contribution in [3.8, 4) is 17.1 Å². The molecule has 0 saturated heterocycles. The van der Waals surface area contributed by atoms with Crippen molar-refractivity contribution in [1.29, 1.82) is 0 Å². The summed E-state index contributed by atoms with van der Waals surface area (Å²) in [6.07, 6.45) is 0.303. The first-order valence-corrected chi connectivity index (χ1v) is 10.9. The van der Waals surface area contributed by atoms with E-state index in [0.717, 1.165) is 39.6 Å². The largest absolute Gasteiger partial charge is 0.352 e. The highest BCUT2D eigenvalue weighted by atomic mass is 32.1. The van der Waals surface area contributed by atoms with Crippen LogP contribution in [0.4, 0.5) is 0 Å². The van der Waals surface area contributed by atoms with Gasteiger partial charge in [0, 0.05) is 36.3 Å². The number of para-hydroxylation sites is 1. The smallest absolute Gasteiger partial charge is 0.222 e. The van der Waals surface area contributed by atoms with Crippen molar-refractivity contribution < 1.29 is 4.79 Å². The summed E-state index contributed by atoms with van der Waals surface area (Å²) in [6.45, 7) is 6.91. The molecule has 0 unspecified atom stereocenters. The van der Waals surface area contributed by atoms with Crippen molar-refractivity contribution in [1.82, 2.24) is 29.9 Å². The lowest BCUT2D eigenvalue weighted by molar-refractivity contribution is -0.121. The van der Waals surface area contributed by atoms with Gasteiger partial charge in [0.15, 0.2) is 10.6 Å². The van der Waals surface area contributed by atoms with Gasteiger partial charge < -0.3 is 5.32 Å². The SMILES string of the molecule is Cc1cccc(-c2n[nH]c(=S)n2CCC(=O)NCc2c(C)nn(-c3ccccc3)c2C)c1. The molecule has 1 amide bonds. The summed E-state index contributed by atoms with van der Waals surface area (Å²) in [5, 5.41) is 14.9. The molecule has 2 heterocycles. The maximum absolute atomic E-state index is 12.6. The van der Waals surface area contributed by atoms with Crippen molar-refractivity contribution in [2.75, 3.05) is 0 Å². The Kier molecular flexibility index (Phi) is 6.32. The number of amides is 1. The quantitative estimate of drug-likeness (QED) is 0.412. The van der Waals surface area contributed by atoms with E-state index in [-0.39, 0.29) is 5.91 Å². The molecule has 0 atom stereocenters. The highest BCUT2D eigenvalue weighted by Gasteiger charge is 2.15. The van der Waals surface area contributed by atoms with Crippen LogP contribution in [-0.4, -0.2) is 30.5 Å². The van der Waals surface area contributed by atoms with Crippen LogP contribution in [0.25, 0.3) is 17.1 Å².